The highest BCUT2D eigenvalue weighted by Crippen LogP contribution is 2.19. The maximum atomic E-state index is 12.4. The molecule has 1 N–H and O–H groups in total. The normalized spacial score (nSPS) is 11.3. The zero-order chi connectivity index (χ0) is 17.9. The Morgan fingerprint density at radius 2 is 1.88 bits per heavy atom. The summed E-state index contributed by atoms with van der Waals surface area (Å²) in [5.41, 5.74) is 0.385. The molecule has 2 heterocycles. The minimum absolute atomic E-state index is 0.158. The van der Waals surface area contributed by atoms with Crippen LogP contribution in [0.1, 0.15) is 12.7 Å². The zero-order valence-corrected chi connectivity index (χ0v) is 14.7. The molecule has 8 heteroatoms. The van der Waals surface area contributed by atoms with E-state index in [2.05, 4.69) is 14.7 Å². The van der Waals surface area contributed by atoms with E-state index in [1.54, 1.807) is 36.7 Å². The Bertz CT molecular complexity index is 948. The molecule has 130 valence electrons. The van der Waals surface area contributed by atoms with Gasteiger partial charge in [0.05, 0.1) is 23.4 Å². The van der Waals surface area contributed by atoms with Gasteiger partial charge in [0.2, 0.25) is 0 Å². The van der Waals surface area contributed by atoms with Crippen LogP contribution in [-0.2, 0) is 10.0 Å². The van der Waals surface area contributed by atoms with Crippen LogP contribution in [0.5, 0.6) is 5.75 Å². The third-order valence-corrected chi connectivity index (χ3v) is 4.91. The number of rotatable bonds is 6. The van der Waals surface area contributed by atoms with Crippen LogP contribution in [0.25, 0.3) is 5.82 Å². The molecule has 0 amide bonds. The molecule has 3 rings (SSSR count). The Balaban J connectivity index is 1.77. The van der Waals surface area contributed by atoms with Crippen LogP contribution in [0.15, 0.2) is 59.9 Å². The van der Waals surface area contributed by atoms with Crippen molar-refractivity contribution in [1.82, 2.24) is 14.5 Å². The van der Waals surface area contributed by atoms with E-state index in [1.807, 2.05) is 18.4 Å². The summed E-state index contributed by atoms with van der Waals surface area (Å²) in [7, 11) is -3.68. The number of nitrogens with zero attached hydrogens (tertiary/aromatic N) is 3. The summed E-state index contributed by atoms with van der Waals surface area (Å²) >= 11 is 0. The molecule has 0 aliphatic rings. The molecule has 0 bridgehead atoms. The van der Waals surface area contributed by atoms with Gasteiger partial charge in [0.25, 0.3) is 10.0 Å². The van der Waals surface area contributed by atoms with E-state index < -0.39 is 10.0 Å². The summed E-state index contributed by atoms with van der Waals surface area (Å²) in [5, 5.41) is 0. The first kappa shape index (κ1) is 17.0. The number of pyridine rings is 1. The molecule has 1 aromatic carbocycles. The van der Waals surface area contributed by atoms with Gasteiger partial charge < -0.3 is 4.74 Å². The van der Waals surface area contributed by atoms with Gasteiger partial charge in [-0.1, -0.05) is 0 Å². The topological polar surface area (TPSA) is 86.1 Å². The summed E-state index contributed by atoms with van der Waals surface area (Å²) < 4.78 is 34.5. The fourth-order valence-electron chi connectivity index (χ4n) is 2.30. The molecule has 0 saturated heterocycles. The minimum atomic E-state index is -3.68. The van der Waals surface area contributed by atoms with Crippen LogP contribution in [0.4, 0.5) is 5.69 Å². The summed E-state index contributed by atoms with van der Waals surface area (Å²) in [6.07, 6.45) is 4.95. The maximum absolute atomic E-state index is 12.4. The molecule has 0 atom stereocenters. The van der Waals surface area contributed by atoms with Crippen molar-refractivity contribution in [1.29, 1.82) is 0 Å². The van der Waals surface area contributed by atoms with E-state index in [-0.39, 0.29) is 4.90 Å². The van der Waals surface area contributed by atoms with Crippen LogP contribution in [0.2, 0.25) is 0 Å². The van der Waals surface area contributed by atoms with E-state index in [1.165, 1.54) is 18.3 Å². The average Bonchev–Trinajstić information content (AvgIpc) is 3.02. The van der Waals surface area contributed by atoms with Crippen molar-refractivity contribution in [3.05, 3.63) is 60.8 Å². The van der Waals surface area contributed by atoms with Crippen molar-refractivity contribution < 1.29 is 13.2 Å². The summed E-state index contributed by atoms with van der Waals surface area (Å²) in [6.45, 7) is 4.26. The van der Waals surface area contributed by atoms with Crippen molar-refractivity contribution in [3.63, 3.8) is 0 Å². The van der Waals surface area contributed by atoms with Gasteiger partial charge in [0.15, 0.2) is 0 Å². The lowest BCUT2D eigenvalue weighted by Crippen LogP contribution is -2.13. The summed E-state index contributed by atoms with van der Waals surface area (Å²) in [5.74, 6) is 2.09. The fourth-order valence-corrected chi connectivity index (χ4v) is 3.35. The first-order chi connectivity index (χ1) is 12.0. The molecule has 0 aliphatic heterocycles. The minimum Gasteiger partial charge on any atom is -0.494 e. The molecule has 0 aliphatic carbocycles. The van der Waals surface area contributed by atoms with Gasteiger partial charge in [0, 0.05) is 12.4 Å². The third kappa shape index (κ3) is 3.80. The second kappa shape index (κ2) is 6.94. The van der Waals surface area contributed by atoms with Crippen molar-refractivity contribution in [2.45, 2.75) is 18.7 Å². The second-order valence-electron chi connectivity index (χ2n) is 5.26. The van der Waals surface area contributed by atoms with Crippen molar-refractivity contribution in [2.24, 2.45) is 0 Å². The second-order valence-corrected chi connectivity index (χ2v) is 6.94. The SMILES string of the molecule is CCOc1ccc(S(=O)(=O)Nc2ccc(-n3ccnc3C)nc2)cc1. The highest BCUT2D eigenvalue weighted by Gasteiger charge is 2.14. The molecule has 0 saturated carbocycles. The van der Waals surface area contributed by atoms with Gasteiger partial charge in [-0.05, 0) is 50.2 Å². The monoisotopic (exact) mass is 358 g/mol. The summed E-state index contributed by atoms with van der Waals surface area (Å²) in [4.78, 5) is 8.57. The Hall–Kier alpha value is -2.87. The lowest BCUT2D eigenvalue weighted by molar-refractivity contribution is 0.340. The van der Waals surface area contributed by atoms with Crippen LogP contribution in [0, 0.1) is 6.92 Å². The van der Waals surface area contributed by atoms with Crippen molar-refractivity contribution >= 4 is 15.7 Å². The molecular weight excluding hydrogens is 340 g/mol. The average molecular weight is 358 g/mol. The van der Waals surface area contributed by atoms with Gasteiger partial charge >= 0.3 is 0 Å². The predicted octanol–water partition coefficient (Wildman–Crippen LogP) is 2.78. The molecule has 3 aromatic rings. The zero-order valence-electron chi connectivity index (χ0n) is 13.9. The number of nitrogens with one attached hydrogen (secondary N) is 1. The van der Waals surface area contributed by atoms with E-state index >= 15 is 0 Å². The molecule has 2 aromatic heterocycles. The van der Waals surface area contributed by atoms with E-state index in [4.69, 9.17) is 4.74 Å². The lowest BCUT2D eigenvalue weighted by Gasteiger charge is -2.10. The van der Waals surface area contributed by atoms with Crippen LogP contribution < -0.4 is 9.46 Å². The quantitative estimate of drug-likeness (QED) is 0.732. The largest absolute Gasteiger partial charge is 0.494 e. The standard InChI is InChI=1S/C17H18N4O3S/c1-3-24-15-5-7-16(8-6-15)25(22,23)20-14-4-9-17(19-12-14)21-11-10-18-13(21)2/h4-12,20H,3H2,1-2H3. The molecule has 0 fully saturated rings. The van der Waals surface area contributed by atoms with Crippen LogP contribution in [-0.4, -0.2) is 29.6 Å². The van der Waals surface area contributed by atoms with Gasteiger partial charge in [-0.25, -0.2) is 18.4 Å². The molecule has 0 spiro atoms. The number of hydrogen-bond acceptors (Lipinski definition) is 5. The highest BCUT2D eigenvalue weighted by molar-refractivity contribution is 7.92. The van der Waals surface area contributed by atoms with E-state index in [0.717, 1.165) is 5.82 Å². The summed E-state index contributed by atoms with van der Waals surface area (Å²) in [6, 6.07) is 9.65. The predicted molar refractivity (Wildman–Crippen MR) is 94.5 cm³/mol. The van der Waals surface area contributed by atoms with E-state index in [9.17, 15) is 8.42 Å². The van der Waals surface area contributed by atoms with Crippen LogP contribution in [0.3, 0.4) is 0 Å². The van der Waals surface area contributed by atoms with Gasteiger partial charge in [0.1, 0.15) is 17.4 Å². The Morgan fingerprint density at radius 3 is 2.44 bits per heavy atom. The van der Waals surface area contributed by atoms with Gasteiger partial charge in [-0.2, -0.15) is 0 Å². The number of hydrogen-bond donors (Lipinski definition) is 1. The number of anilines is 1. The van der Waals surface area contributed by atoms with Gasteiger partial charge in [-0.3, -0.25) is 9.29 Å². The van der Waals surface area contributed by atoms with Gasteiger partial charge in [-0.15, -0.1) is 0 Å². The molecular formula is C17H18N4O3S. The number of ether oxygens (including phenoxy) is 1. The number of imidazole rings is 1. The first-order valence-corrected chi connectivity index (χ1v) is 9.20. The van der Waals surface area contributed by atoms with E-state index in [0.29, 0.717) is 23.9 Å². The molecule has 0 radical (unpaired) electrons. The highest BCUT2D eigenvalue weighted by atomic mass is 32.2. The number of aromatic nitrogens is 3. The Morgan fingerprint density at radius 1 is 1.12 bits per heavy atom. The van der Waals surface area contributed by atoms with Crippen molar-refractivity contribution in [2.75, 3.05) is 11.3 Å². The lowest BCUT2D eigenvalue weighted by atomic mass is 10.3. The maximum Gasteiger partial charge on any atom is 0.261 e. The number of sulfonamides is 1. The molecule has 7 nitrogen and oxygen atoms in total. The Kier molecular flexibility index (Phi) is 4.71. The smallest absolute Gasteiger partial charge is 0.261 e. The molecule has 0 unspecified atom stereocenters. The van der Waals surface area contributed by atoms with Crippen LogP contribution >= 0.6 is 0 Å². The third-order valence-electron chi connectivity index (χ3n) is 3.52. The Labute approximate surface area is 146 Å². The van der Waals surface area contributed by atoms with Crippen molar-refractivity contribution in [3.8, 4) is 11.6 Å². The number of aryl methyl sites for hydroxylation is 1. The molecule has 25 heavy (non-hydrogen) atoms. The first-order valence-electron chi connectivity index (χ1n) is 7.71. The number of benzene rings is 1. The fraction of sp³-hybridized carbons (Fsp3) is 0.176.